The number of fused-ring (bicyclic) bond motifs is 2. The van der Waals surface area contributed by atoms with Crippen molar-refractivity contribution < 1.29 is 17.9 Å². The molecule has 1 fully saturated rings. The van der Waals surface area contributed by atoms with Crippen molar-refractivity contribution in [3.05, 3.63) is 120 Å². The van der Waals surface area contributed by atoms with Crippen LogP contribution in [0, 0.1) is 18.3 Å². The zero-order valence-corrected chi connectivity index (χ0v) is 26.8. The van der Waals surface area contributed by atoms with Crippen molar-refractivity contribution in [2.24, 2.45) is 0 Å². The SMILES string of the molecule is CCOc1ccccc1C1(N2CCN(c3ccncc3)CC2)C(=O)N(S(=O)(=O)c2cccc3c(C)ccnc23)c2ccc(C#N)cc21. The van der Waals surface area contributed by atoms with Gasteiger partial charge >= 0.3 is 0 Å². The molecule has 11 heteroatoms. The number of piperazine rings is 1. The highest BCUT2D eigenvalue weighted by atomic mass is 32.2. The Bertz CT molecular complexity index is 2160. The van der Waals surface area contributed by atoms with Crippen molar-refractivity contribution in [1.29, 1.82) is 5.26 Å². The van der Waals surface area contributed by atoms with Crippen LogP contribution in [-0.2, 0) is 20.4 Å². The lowest BCUT2D eigenvalue weighted by atomic mass is 9.80. The van der Waals surface area contributed by atoms with Crippen molar-refractivity contribution in [2.45, 2.75) is 24.3 Å². The molecule has 0 saturated carbocycles. The number of amides is 1. The Hall–Kier alpha value is -5.31. The number of nitrogens with zero attached hydrogens (tertiary/aromatic N) is 6. The van der Waals surface area contributed by atoms with Crippen LogP contribution < -0.4 is 13.9 Å². The molecule has 0 N–H and O–H groups in total. The van der Waals surface area contributed by atoms with Gasteiger partial charge in [0, 0.05) is 67.0 Å². The van der Waals surface area contributed by atoms with E-state index in [9.17, 15) is 13.7 Å². The molecule has 10 nitrogen and oxygen atoms in total. The van der Waals surface area contributed by atoms with Crippen molar-refractivity contribution in [3.63, 3.8) is 0 Å². The highest BCUT2D eigenvalue weighted by molar-refractivity contribution is 7.93. The molecule has 3 aromatic carbocycles. The van der Waals surface area contributed by atoms with Crippen LogP contribution >= 0.6 is 0 Å². The van der Waals surface area contributed by atoms with Gasteiger partial charge in [-0.2, -0.15) is 5.26 Å². The molecule has 1 atom stereocenters. The lowest BCUT2D eigenvalue weighted by molar-refractivity contribution is -0.127. The van der Waals surface area contributed by atoms with Gasteiger partial charge in [-0.1, -0.05) is 30.3 Å². The number of carbonyl (C=O) groups excluding carboxylic acids is 1. The number of para-hydroxylation sites is 2. The minimum atomic E-state index is -4.51. The fourth-order valence-corrected chi connectivity index (χ4v) is 8.54. The predicted octanol–water partition coefficient (Wildman–Crippen LogP) is 5.01. The summed E-state index contributed by atoms with van der Waals surface area (Å²) in [6.45, 7) is 6.08. The van der Waals surface area contributed by atoms with Crippen molar-refractivity contribution in [1.82, 2.24) is 14.9 Å². The standard InChI is InChI=1S/C36H32N6O4S/c1-3-46-32-9-5-4-8-29(32)36(41-21-19-40(20-22-41)27-14-16-38-17-15-27)30-23-26(24-37)11-12-31(30)42(35(36)43)47(44,45)33-10-6-7-28-25(2)13-18-39-34(28)33/h4-18,23H,3,19-22H2,1-2H3. The summed E-state index contributed by atoms with van der Waals surface area (Å²) in [6.07, 6.45) is 5.06. The number of sulfonamides is 1. The molecule has 2 aliphatic heterocycles. The Balaban J connectivity index is 1.46. The fourth-order valence-electron chi connectivity index (χ4n) is 6.91. The van der Waals surface area contributed by atoms with E-state index < -0.39 is 21.5 Å². The van der Waals surface area contributed by atoms with E-state index in [0.717, 1.165) is 15.6 Å². The third kappa shape index (κ3) is 4.71. The highest BCUT2D eigenvalue weighted by Crippen LogP contribution is 2.53. The van der Waals surface area contributed by atoms with Crippen LogP contribution in [0.2, 0.25) is 0 Å². The van der Waals surface area contributed by atoms with Gasteiger partial charge in [-0.3, -0.25) is 19.7 Å². The Morgan fingerprint density at radius 3 is 2.43 bits per heavy atom. The first-order chi connectivity index (χ1) is 22.8. The number of nitriles is 1. The normalized spacial score (nSPS) is 18.3. The van der Waals surface area contributed by atoms with Gasteiger partial charge in [-0.25, -0.2) is 12.7 Å². The monoisotopic (exact) mass is 644 g/mol. The molecule has 0 radical (unpaired) electrons. The lowest BCUT2D eigenvalue weighted by Crippen LogP contribution is -2.60. The topological polar surface area (TPSA) is 120 Å². The Kier molecular flexibility index (Phi) is 7.62. The second-order valence-corrected chi connectivity index (χ2v) is 13.3. The molecule has 2 aliphatic rings. The van der Waals surface area contributed by atoms with Crippen LogP contribution in [-0.4, -0.2) is 62.0 Å². The van der Waals surface area contributed by atoms with Gasteiger partial charge in [0.15, 0.2) is 5.54 Å². The van der Waals surface area contributed by atoms with Crippen LogP contribution in [0.1, 0.15) is 29.2 Å². The van der Waals surface area contributed by atoms with Crippen LogP contribution in [0.3, 0.4) is 0 Å². The molecule has 5 aromatic rings. The van der Waals surface area contributed by atoms with Gasteiger partial charge in [0.2, 0.25) is 0 Å². The largest absolute Gasteiger partial charge is 0.493 e. The van der Waals surface area contributed by atoms with Crippen LogP contribution in [0.15, 0.2) is 102 Å². The minimum absolute atomic E-state index is 0.0706. The van der Waals surface area contributed by atoms with Crippen molar-refractivity contribution in [2.75, 3.05) is 42.0 Å². The number of hydrogen-bond acceptors (Lipinski definition) is 9. The van der Waals surface area contributed by atoms with E-state index in [1.165, 1.54) is 6.07 Å². The number of hydrogen-bond donors (Lipinski definition) is 0. The summed E-state index contributed by atoms with van der Waals surface area (Å²) in [5, 5.41) is 10.7. The number of anilines is 2. The molecule has 1 amide bonds. The third-order valence-electron chi connectivity index (χ3n) is 9.06. The van der Waals surface area contributed by atoms with Crippen molar-refractivity contribution >= 4 is 38.2 Å². The second kappa shape index (κ2) is 11.8. The first-order valence-corrected chi connectivity index (χ1v) is 16.9. The summed E-state index contributed by atoms with van der Waals surface area (Å²) < 4.78 is 36.8. The van der Waals surface area contributed by atoms with Crippen molar-refractivity contribution in [3.8, 4) is 11.8 Å². The molecule has 236 valence electrons. The van der Waals surface area contributed by atoms with Gasteiger partial charge in [0.05, 0.1) is 29.4 Å². The summed E-state index contributed by atoms with van der Waals surface area (Å²) >= 11 is 0. The molecular weight excluding hydrogens is 613 g/mol. The zero-order valence-electron chi connectivity index (χ0n) is 26.0. The zero-order chi connectivity index (χ0) is 32.8. The third-order valence-corrected chi connectivity index (χ3v) is 10.8. The van der Waals surface area contributed by atoms with Gasteiger partial charge in [0.25, 0.3) is 15.9 Å². The summed E-state index contributed by atoms with van der Waals surface area (Å²) in [4.78, 5) is 28.2. The van der Waals surface area contributed by atoms with E-state index in [-0.39, 0.29) is 16.1 Å². The van der Waals surface area contributed by atoms with Crippen LogP contribution in [0.4, 0.5) is 11.4 Å². The average molecular weight is 645 g/mol. The molecule has 0 aliphatic carbocycles. The van der Waals surface area contributed by atoms with E-state index in [0.29, 0.717) is 60.6 Å². The number of benzene rings is 3. The maximum atomic E-state index is 15.4. The number of pyridine rings is 2. The fraction of sp³-hybridized carbons (Fsp3) is 0.222. The first-order valence-electron chi connectivity index (χ1n) is 15.4. The maximum Gasteiger partial charge on any atom is 0.273 e. The maximum absolute atomic E-state index is 15.4. The minimum Gasteiger partial charge on any atom is -0.493 e. The molecule has 0 spiro atoms. The molecule has 1 unspecified atom stereocenters. The Morgan fingerprint density at radius 2 is 1.68 bits per heavy atom. The lowest BCUT2D eigenvalue weighted by Gasteiger charge is -2.46. The number of rotatable bonds is 7. The summed E-state index contributed by atoms with van der Waals surface area (Å²) in [5.74, 6) is -0.188. The van der Waals surface area contributed by atoms with E-state index >= 15 is 4.79 Å². The number of aromatic nitrogens is 2. The van der Waals surface area contributed by atoms with Gasteiger partial charge in [-0.15, -0.1) is 0 Å². The van der Waals surface area contributed by atoms with Gasteiger partial charge in [0.1, 0.15) is 10.6 Å². The number of aryl methyl sites for hydroxylation is 1. The van der Waals surface area contributed by atoms with E-state index in [1.54, 1.807) is 48.9 Å². The molecule has 47 heavy (non-hydrogen) atoms. The molecule has 7 rings (SSSR count). The number of ether oxygens (including phenoxy) is 1. The molecular formula is C36H32N6O4S. The van der Waals surface area contributed by atoms with E-state index in [4.69, 9.17) is 4.74 Å². The quantitative estimate of drug-likeness (QED) is 0.241. The van der Waals surface area contributed by atoms with E-state index in [2.05, 4.69) is 20.9 Å². The van der Waals surface area contributed by atoms with Crippen LogP contribution in [0.25, 0.3) is 10.9 Å². The summed E-state index contributed by atoms with van der Waals surface area (Å²) in [6, 6.07) is 24.9. The van der Waals surface area contributed by atoms with Gasteiger partial charge < -0.3 is 9.64 Å². The molecule has 4 heterocycles. The molecule has 1 saturated heterocycles. The van der Waals surface area contributed by atoms with E-state index in [1.807, 2.05) is 61.2 Å². The predicted molar refractivity (Wildman–Crippen MR) is 179 cm³/mol. The van der Waals surface area contributed by atoms with Crippen LogP contribution in [0.5, 0.6) is 5.75 Å². The summed E-state index contributed by atoms with van der Waals surface area (Å²) in [5.41, 5.74) is 1.99. The first kappa shape index (κ1) is 30.3. The molecule has 2 aromatic heterocycles. The summed E-state index contributed by atoms with van der Waals surface area (Å²) in [7, 11) is -4.51. The number of carbonyl (C=O) groups is 1. The average Bonchev–Trinajstić information content (AvgIpc) is 3.37. The smallest absolute Gasteiger partial charge is 0.273 e. The highest BCUT2D eigenvalue weighted by Gasteiger charge is 2.60. The Morgan fingerprint density at radius 1 is 0.915 bits per heavy atom. The second-order valence-electron chi connectivity index (χ2n) is 11.5. The Labute approximate surface area is 273 Å². The molecule has 0 bridgehead atoms. The van der Waals surface area contributed by atoms with Gasteiger partial charge in [-0.05, 0) is 67.9 Å².